The van der Waals surface area contributed by atoms with E-state index in [0.717, 1.165) is 24.3 Å². The van der Waals surface area contributed by atoms with E-state index in [1.54, 1.807) is 17.0 Å². The number of benzene rings is 1. The SMILES string of the molecule is Cc1ccc(OCCCC[NH+]2CCC[C@@H](C)C2)c([N+](=O)[O-])c1. The number of unbranched alkanes of at least 4 members (excludes halogenated alkanes) is 1. The van der Waals surface area contributed by atoms with E-state index in [1.165, 1.54) is 32.5 Å². The van der Waals surface area contributed by atoms with Gasteiger partial charge in [-0.25, -0.2) is 0 Å². The van der Waals surface area contributed by atoms with E-state index in [-0.39, 0.29) is 10.6 Å². The molecular weight excluding hydrogens is 280 g/mol. The summed E-state index contributed by atoms with van der Waals surface area (Å²) in [6.07, 6.45) is 4.76. The van der Waals surface area contributed by atoms with Crippen LogP contribution in [0.15, 0.2) is 18.2 Å². The van der Waals surface area contributed by atoms with Gasteiger partial charge in [0.25, 0.3) is 0 Å². The number of aryl methyl sites for hydroxylation is 1. The molecule has 5 nitrogen and oxygen atoms in total. The summed E-state index contributed by atoms with van der Waals surface area (Å²) in [6, 6.07) is 5.11. The third kappa shape index (κ3) is 4.98. The first-order chi connectivity index (χ1) is 10.6. The van der Waals surface area contributed by atoms with Gasteiger partial charge in [-0.15, -0.1) is 0 Å². The van der Waals surface area contributed by atoms with Crippen molar-refractivity contribution in [3.63, 3.8) is 0 Å². The summed E-state index contributed by atoms with van der Waals surface area (Å²) >= 11 is 0. The lowest BCUT2D eigenvalue weighted by molar-refractivity contribution is -0.908. The first-order valence-electron chi connectivity index (χ1n) is 8.27. The largest absolute Gasteiger partial charge is 0.487 e. The lowest BCUT2D eigenvalue weighted by atomic mass is 10.0. The molecule has 1 aromatic rings. The molecule has 1 unspecified atom stereocenters. The Morgan fingerprint density at radius 1 is 1.41 bits per heavy atom. The van der Waals surface area contributed by atoms with E-state index in [2.05, 4.69) is 6.92 Å². The molecule has 0 amide bonds. The van der Waals surface area contributed by atoms with Crippen LogP contribution in [0.25, 0.3) is 0 Å². The van der Waals surface area contributed by atoms with Gasteiger partial charge in [0.15, 0.2) is 5.75 Å². The highest BCUT2D eigenvalue weighted by molar-refractivity contribution is 5.48. The maximum absolute atomic E-state index is 11.0. The fourth-order valence-corrected chi connectivity index (χ4v) is 3.18. The second-order valence-corrected chi connectivity index (χ2v) is 6.49. The molecule has 0 aliphatic carbocycles. The highest BCUT2D eigenvalue weighted by Gasteiger charge is 2.19. The first-order valence-corrected chi connectivity index (χ1v) is 8.27. The Morgan fingerprint density at radius 3 is 2.95 bits per heavy atom. The Kier molecular flexibility index (Phi) is 6.19. The molecule has 1 fully saturated rings. The van der Waals surface area contributed by atoms with Gasteiger partial charge in [0.2, 0.25) is 0 Å². The number of nitrogens with zero attached hydrogens (tertiary/aromatic N) is 1. The summed E-state index contributed by atoms with van der Waals surface area (Å²) in [5.74, 6) is 1.23. The summed E-state index contributed by atoms with van der Waals surface area (Å²) in [5, 5.41) is 11.0. The molecule has 22 heavy (non-hydrogen) atoms. The van der Waals surface area contributed by atoms with Crippen LogP contribution >= 0.6 is 0 Å². The quantitative estimate of drug-likeness (QED) is 0.478. The van der Waals surface area contributed by atoms with Crippen molar-refractivity contribution >= 4 is 5.69 Å². The number of piperidine rings is 1. The van der Waals surface area contributed by atoms with E-state index < -0.39 is 0 Å². The van der Waals surface area contributed by atoms with Crippen molar-refractivity contribution in [2.24, 2.45) is 5.92 Å². The van der Waals surface area contributed by atoms with E-state index >= 15 is 0 Å². The predicted octanol–water partition coefficient (Wildman–Crippen LogP) is 2.38. The Hall–Kier alpha value is -1.62. The van der Waals surface area contributed by atoms with Gasteiger partial charge in [-0.05, 0) is 44.2 Å². The van der Waals surface area contributed by atoms with Gasteiger partial charge in [0.1, 0.15) is 0 Å². The van der Waals surface area contributed by atoms with Crippen molar-refractivity contribution in [2.45, 2.75) is 39.5 Å². The molecule has 5 heteroatoms. The molecule has 1 aliphatic heterocycles. The second-order valence-electron chi connectivity index (χ2n) is 6.49. The predicted molar refractivity (Wildman–Crippen MR) is 86.5 cm³/mol. The van der Waals surface area contributed by atoms with Gasteiger partial charge in [0.05, 0.1) is 31.2 Å². The number of quaternary nitrogens is 1. The van der Waals surface area contributed by atoms with Gasteiger partial charge in [-0.1, -0.05) is 13.0 Å². The lowest BCUT2D eigenvalue weighted by Gasteiger charge is -2.27. The Bertz CT molecular complexity index is 505. The minimum absolute atomic E-state index is 0.0653. The van der Waals surface area contributed by atoms with Crippen LogP contribution in [0.2, 0.25) is 0 Å². The Morgan fingerprint density at radius 2 is 2.23 bits per heavy atom. The molecule has 1 heterocycles. The van der Waals surface area contributed by atoms with Crippen LogP contribution in [-0.2, 0) is 0 Å². The van der Waals surface area contributed by atoms with Crippen molar-refractivity contribution in [2.75, 3.05) is 26.2 Å². The van der Waals surface area contributed by atoms with Gasteiger partial charge < -0.3 is 9.64 Å². The molecule has 2 atom stereocenters. The van der Waals surface area contributed by atoms with Gasteiger partial charge in [-0.2, -0.15) is 0 Å². The number of hydrogen-bond donors (Lipinski definition) is 1. The number of likely N-dealkylation sites (tertiary alicyclic amines) is 1. The number of rotatable bonds is 7. The maximum Gasteiger partial charge on any atom is 0.311 e. The van der Waals surface area contributed by atoms with Crippen LogP contribution in [0.5, 0.6) is 5.75 Å². The second kappa shape index (κ2) is 8.13. The van der Waals surface area contributed by atoms with Crippen molar-refractivity contribution in [3.8, 4) is 5.75 Å². The summed E-state index contributed by atoms with van der Waals surface area (Å²) in [6.45, 7) is 8.48. The van der Waals surface area contributed by atoms with Crippen LogP contribution in [0, 0.1) is 23.0 Å². The minimum atomic E-state index is -0.373. The summed E-state index contributed by atoms with van der Waals surface area (Å²) in [4.78, 5) is 12.3. The number of nitrogens with one attached hydrogen (secondary N) is 1. The number of ether oxygens (including phenoxy) is 1. The van der Waals surface area contributed by atoms with Crippen molar-refractivity contribution in [1.29, 1.82) is 0 Å². The average Bonchev–Trinajstić information content (AvgIpc) is 2.48. The van der Waals surface area contributed by atoms with Crippen molar-refractivity contribution in [1.82, 2.24) is 0 Å². The van der Waals surface area contributed by atoms with Crippen LogP contribution in [0.3, 0.4) is 0 Å². The number of nitro groups is 1. The maximum atomic E-state index is 11.0. The van der Waals surface area contributed by atoms with Crippen molar-refractivity contribution < 1.29 is 14.6 Å². The van der Waals surface area contributed by atoms with Crippen LogP contribution in [-0.4, -0.2) is 31.2 Å². The fraction of sp³-hybridized carbons (Fsp3) is 0.647. The van der Waals surface area contributed by atoms with E-state index in [4.69, 9.17) is 4.74 Å². The highest BCUT2D eigenvalue weighted by atomic mass is 16.6. The molecule has 0 spiro atoms. The number of nitro benzene ring substituents is 1. The van der Waals surface area contributed by atoms with E-state index in [1.807, 2.05) is 13.0 Å². The monoisotopic (exact) mass is 307 g/mol. The molecule has 122 valence electrons. The zero-order chi connectivity index (χ0) is 15.9. The van der Waals surface area contributed by atoms with E-state index in [0.29, 0.717) is 12.4 Å². The smallest absolute Gasteiger partial charge is 0.311 e. The van der Waals surface area contributed by atoms with E-state index in [9.17, 15) is 10.1 Å². The molecule has 0 aromatic heterocycles. The van der Waals surface area contributed by atoms with Gasteiger partial charge in [0, 0.05) is 12.0 Å². The molecule has 0 saturated carbocycles. The third-order valence-corrected chi connectivity index (χ3v) is 4.36. The zero-order valence-electron chi connectivity index (χ0n) is 13.6. The summed E-state index contributed by atoms with van der Waals surface area (Å²) in [7, 11) is 0. The molecular formula is C17H27N2O3+. The van der Waals surface area contributed by atoms with Gasteiger partial charge in [-0.3, -0.25) is 10.1 Å². The third-order valence-electron chi connectivity index (χ3n) is 4.36. The standard InChI is InChI=1S/C17H26N2O3/c1-14-7-8-17(16(12-14)19(20)21)22-11-4-3-9-18-10-5-6-15(2)13-18/h7-8,12,15H,3-6,9-11,13H2,1-2H3/p+1/t15-/m1/s1. The lowest BCUT2D eigenvalue weighted by Crippen LogP contribution is -3.13. The molecule has 1 aliphatic rings. The normalized spacial score (nSPS) is 21.5. The number of hydrogen-bond acceptors (Lipinski definition) is 3. The van der Waals surface area contributed by atoms with Crippen LogP contribution in [0.4, 0.5) is 5.69 Å². The zero-order valence-corrected chi connectivity index (χ0v) is 13.6. The molecule has 1 aromatic carbocycles. The Labute approximate surface area is 132 Å². The first kappa shape index (κ1) is 16.7. The van der Waals surface area contributed by atoms with Crippen molar-refractivity contribution in [3.05, 3.63) is 33.9 Å². The summed E-state index contributed by atoms with van der Waals surface area (Å²) < 4.78 is 5.61. The van der Waals surface area contributed by atoms with Crippen LogP contribution in [0.1, 0.15) is 38.2 Å². The Balaban J connectivity index is 1.71. The topological polar surface area (TPSA) is 56.8 Å². The highest BCUT2D eigenvalue weighted by Crippen LogP contribution is 2.27. The molecule has 2 rings (SSSR count). The molecule has 1 saturated heterocycles. The molecule has 1 N–H and O–H groups in total. The van der Waals surface area contributed by atoms with Gasteiger partial charge >= 0.3 is 5.69 Å². The minimum Gasteiger partial charge on any atom is -0.487 e. The fourth-order valence-electron chi connectivity index (χ4n) is 3.18. The molecule has 0 radical (unpaired) electrons. The summed E-state index contributed by atoms with van der Waals surface area (Å²) in [5.41, 5.74) is 0.942. The molecule has 0 bridgehead atoms. The average molecular weight is 307 g/mol. The van der Waals surface area contributed by atoms with Crippen LogP contribution < -0.4 is 9.64 Å².